The van der Waals surface area contributed by atoms with Crippen LogP contribution in [0.5, 0.6) is 0 Å². The molecule has 0 aliphatic rings. The summed E-state index contributed by atoms with van der Waals surface area (Å²) >= 11 is 0. The quantitative estimate of drug-likeness (QED) is 0.389. The summed E-state index contributed by atoms with van der Waals surface area (Å²) in [6, 6.07) is 2.54. The van der Waals surface area contributed by atoms with E-state index in [0.29, 0.717) is 9.36 Å². The number of ether oxygens (including phenoxy) is 3. The number of carbonyl (C=O) groups is 4. The standard InChI is InChI=1S/C14H23N3O4.C12H20N4O3/c1-7-20-12(18)11-8-10(15-17(11)6)9-16(5)13(19)21-14(2,3)4;1-12(2,3)19-11(18)15(4)7-8-6-9(10(13)17)16(5)14-8/h8H,7,9H2,1-6H3;6H,7H2,1-5H3,(H2,13,17)/i6D3;5D3. The smallest absolute Gasteiger partial charge is 0.410 e. The number of aryl methyl sites for hydroxylation is 2. The molecule has 0 aliphatic heterocycles. The van der Waals surface area contributed by atoms with Crippen LogP contribution in [0.1, 0.15) is 89.1 Å². The fourth-order valence-electron chi connectivity index (χ4n) is 2.84. The Labute approximate surface area is 243 Å². The average Bonchev–Trinajstić information content (AvgIpc) is 3.47. The molecule has 2 aromatic rings. The Morgan fingerprint density at radius 3 is 1.57 bits per heavy atom. The Balaban J connectivity index is 0.000000462. The maximum Gasteiger partial charge on any atom is 0.410 e. The molecule has 0 aliphatic carbocycles. The average molecular weight is 572 g/mol. The van der Waals surface area contributed by atoms with Crippen LogP contribution >= 0.6 is 0 Å². The van der Waals surface area contributed by atoms with Crippen molar-refractivity contribution in [1.29, 1.82) is 0 Å². The Morgan fingerprint density at radius 2 is 1.25 bits per heavy atom. The van der Waals surface area contributed by atoms with Gasteiger partial charge in [0.1, 0.15) is 22.6 Å². The van der Waals surface area contributed by atoms with Gasteiger partial charge in [-0.1, -0.05) is 0 Å². The van der Waals surface area contributed by atoms with Crippen molar-refractivity contribution >= 4 is 24.1 Å². The molecule has 0 bridgehead atoms. The Kier molecular flexibility index (Phi) is 8.60. The molecule has 0 saturated carbocycles. The molecule has 40 heavy (non-hydrogen) atoms. The van der Waals surface area contributed by atoms with Crippen LogP contribution in [0.3, 0.4) is 0 Å². The monoisotopic (exact) mass is 571 g/mol. The molecule has 224 valence electrons. The van der Waals surface area contributed by atoms with E-state index < -0.39 is 49.2 Å². The molecule has 2 N–H and O–H groups in total. The number of primary amides is 1. The van der Waals surface area contributed by atoms with Gasteiger partial charge in [-0.3, -0.25) is 14.2 Å². The van der Waals surface area contributed by atoms with Crippen molar-refractivity contribution in [1.82, 2.24) is 29.4 Å². The summed E-state index contributed by atoms with van der Waals surface area (Å²) in [6.07, 6.45) is -1.17. The van der Waals surface area contributed by atoms with Crippen molar-refractivity contribution in [2.45, 2.75) is 72.8 Å². The third kappa shape index (κ3) is 11.3. The molecular formula is C26H43N7O7. The van der Waals surface area contributed by atoms with E-state index in [-0.39, 0.29) is 42.5 Å². The maximum absolute atomic E-state index is 12.0. The molecule has 2 heterocycles. The minimum absolute atomic E-state index is 0.00953. The zero-order valence-corrected chi connectivity index (χ0v) is 24.4. The van der Waals surface area contributed by atoms with Crippen LogP contribution < -0.4 is 5.73 Å². The second-order valence-corrected chi connectivity index (χ2v) is 10.6. The van der Waals surface area contributed by atoms with E-state index in [1.165, 1.54) is 36.0 Å². The van der Waals surface area contributed by atoms with Crippen molar-refractivity contribution in [2.24, 2.45) is 19.7 Å². The molecule has 0 atom stereocenters. The summed E-state index contributed by atoms with van der Waals surface area (Å²) < 4.78 is 60.8. The van der Waals surface area contributed by atoms with E-state index in [1.807, 2.05) is 0 Å². The second-order valence-electron chi connectivity index (χ2n) is 10.6. The lowest BCUT2D eigenvalue weighted by molar-refractivity contribution is 0.0273. The summed E-state index contributed by atoms with van der Waals surface area (Å²) in [5.41, 5.74) is 3.86. The van der Waals surface area contributed by atoms with Gasteiger partial charge < -0.3 is 29.7 Å². The molecule has 3 amide bonds. The molecule has 2 aromatic heterocycles. The minimum Gasteiger partial charge on any atom is -0.461 e. The van der Waals surface area contributed by atoms with Gasteiger partial charge in [-0.05, 0) is 60.6 Å². The van der Waals surface area contributed by atoms with E-state index >= 15 is 0 Å². The lowest BCUT2D eigenvalue weighted by Crippen LogP contribution is -2.33. The molecule has 2 rings (SSSR count). The highest BCUT2D eigenvalue weighted by atomic mass is 16.6. The summed E-state index contributed by atoms with van der Waals surface area (Å²) in [4.78, 5) is 49.5. The molecule has 0 fully saturated rings. The van der Waals surface area contributed by atoms with Crippen LogP contribution in [0.4, 0.5) is 9.59 Å². The van der Waals surface area contributed by atoms with E-state index in [2.05, 4.69) is 10.2 Å². The third-order valence-corrected chi connectivity index (χ3v) is 4.47. The van der Waals surface area contributed by atoms with Crippen molar-refractivity contribution in [3.05, 3.63) is 34.9 Å². The topological polar surface area (TPSA) is 164 Å². The Morgan fingerprint density at radius 1 is 0.850 bits per heavy atom. The van der Waals surface area contributed by atoms with Gasteiger partial charge in [0.15, 0.2) is 0 Å². The van der Waals surface area contributed by atoms with Gasteiger partial charge in [-0.2, -0.15) is 10.2 Å². The fraction of sp³-hybridized carbons (Fsp3) is 0.615. The van der Waals surface area contributed by atoms with Gasteiger partial charge in [0.25, 0.3) is 5.91 Å². The van der Waals surface area contributed by atoms with Crippen LogP contribution in [0.25, 0.3) is 0 Å². The molecule has 0 spiro atoms. The van der Waals surface area contributed by atoms with E-state index in [9.17, 15) is 19.2 Å². The lowest BCUT2D eigenvalue weighted by atomic mass is 10.2. The van der Waals surface area contributed by atoms with Crippen LogP contribution in [-0.2, 0) is 41.3 Å². The second kappa shape index (κ2) is 13.8. The largest absolute Gasteiger partial charge is 0.461 e. The molecular weight excluding hydrogens is 522 g/mol. The lowest BCUT2D eigenvalue weighted by Gasteiger charge is -2.24. The first kappa shape index (κ1) is 24.9. The van der Waals surface area contributed by atoms with Gasteiger partial charge >= 0.3 is 18.2 Å². The number of esters is 1. The zero-order chi connectivity index (χ0) is 36.0. The maximum atomic E-state index is 12.0. The number of amides is 3. The zero-order valence-electron chi connectivity index (χ0n) is 30.4. The summed E-state index contributed by atoms with van der Waals surface area (Å²) in [5.74, 6) is -1.69. The highest BCUT2D eigenvalue weighted by Gasteiger charge is 2.22. The van der Waals surface area contributed by atoms with Crippen LogP contribution in [0.15, 0.2) is 12.1 Å². The fourth-order valence-corrected chi connectivity index (χ4v) is 2.84. The highest BCUT2D eigenvalue weighted by molar-refractivity contribution is 5.91. The highest BCUT2D eigenvalue weighted by Crippen LogP contribution is 2.13. The predicted octanol–water partition coefficient (Wildman–Crippen LogP) is 2.85. The summed E-state index contributed by atoms with van der Waals surface area (Å²) in [6.45, 7) is 6.83. The molecule has 0 saturated heterocycles. The van der Waals surface area contributed by atoms with Crippen molar-refractivity contribution in [3.63, 3.8) is 0 Å². The molecule has 0 radical (unpaired) electrons. The van der Waals surface area contributed by atoms with Gasteiger partial charge in [0.2, 0.25) is 0 Å². The number of hydrogen-bond acceptors (Lipinski definition) is 9. The number of hydrogen-bond donors (Lipinski definition) is 1. The Bertz CT molecular complexity index is 1390. The van der Waals surface area contributed by atoms with Crippen LogP contribution in [0.2, 0.25) is 0 Å². The summed E-state index contributed by atoms with van der Waals surface area (Å²) in [7, 11) is 2.97. The van der Waals surface area contributed by atoms with Gasteiger partial charge in [-0.25, -0.2) is 14.4 Å². The van der Waals surface area contributed by atoms with Crippen LogP contribution in [-0.4, -0.2) is 85.3 Å². The predicted molar refractivity (Wildman–Crippen MR) is 146 cm³/mol. The first-order valence-electron chi connectivity index (χ1n) is 15.2. The van der Waals surface area contributed by atoms with Gasteiger partial charge in [0, 0.05) is 36.3 Å². The first-order valence-corrected chi connectivity index (χ1v) is 12.2. The first-order chi connectivity index (χ1) is 20.7. The third-order valence-electron chi connectivity index (χ3n) is 4.47. The number of rotatable bonds is 7. The molecule has 0 aromatic carbocycles. The van der Waals surface area contributed by atoms with E-state index in [1.54, 1.807) is 48.5 Å². The number of nitrogens with zero attached hydrogens (tertiary/aromatic N) is 6. The molecule has 0 unspecified atom stereocenters. The Hall–Kier alpha value is -4.10. The summed E-state index contributed by atoms with van der Waals surface area (Å²) in [5, 5.41) is 7.73. The van der Waals surface area contributed by atoms with E-state index in [0.717, 1.165) is 0 Å². The SMILES string of the molecule is [2H]C([2H])([2H])n1nc(CN(C)C(=O)OC(C)(C)C)cc1C(=O)OCC.[2H]C([2H])([2H])n1nc(CN(C)C(=O)OC(C)(C)C)cc1C(N)=O. The van der Waals surface area contributed by atoms with Crippen molar-refractivity contribution < 1.29 is 41.6 Å². The molecule has 14 heteroatoms. The van der Waals surface area contributed by atoms with Crippen LogP contribution in [0, 0.1) is 0 Å². The normalized spacial score (nSPS) is 14.0. The van der Waals surface area contributed by atoms with E-state index in [4.69, 9.17) is 28.2 Å². The number of carbonyl (C=O) groups excluding carboxylic acids is 4. The molecule has 14 nitrogen and oxygen atoms in total. The number of aromatic nitrogens is 4. The van der Waals surface area contributed by atoms with Gasteiger partial charge in [0.05, 0.1) is 31.1 Å². The van der Waals surface area contributed by atoms with Crippen molar-refractivity contribution in [3.8, 4) is 0 Å². The van der Waals surface area contributed by atoms with Crippen molar-refractivity contribution in [2.75, 3.05) is 20.7 Å². The number of nitrogens with two attached hydrogens (primary N) is 1. The minimum atomic E-state index is -2.63. The van der Waals surface area contributed by atoms with Gasteiger partial charge in [-0.15, -0.1) is 0 Å².